The van der Waals surface area contributed by atoms with E-state index in [9.17, 15) is 4.79 Å². The maximum absolute atomic E-state index is 10.8. The molecule has 1 aromatic heterocycles. The highest BCUT2D eigenvalue weighted by molar-refractivity contribution is 7.99. The number of thioether (sulfide) groups is 1. The summed E-state index contributed by atoms with van der Waals surface area (Å²) >= 11 is 7.54. The van der Waals surface area contributed by atoms with Gasteiger partial charge in [-0.3, -0.25) is 4.79 Å². The Morgan fingerprint density at radius 3 is 3.00 bits per heavy atom. The molecule has 0 unspecified atom stereocenters. The maximum Gasteiger partial charge on any atom is 0.313 e. The van der Waals surface area contributed by atoms with Crippen LogP contribution in [0.4, 0.5) is 0 Å². The number of rotatable bonds is 5. The van der Waals surface area contributed by atoms with Crippen molar-refractivity contribution in [3.63, 3.8) is 0 Å². The van der Waals surface area contributed by atoms with Crippen LogP contribution < -0.4 is 0 Å². The SMILES string of the molecule is COC1CC(n2c(SCC(=O)O)nc3cccc(Cl)c32)C1. The smallest absolute Gasteiger partial charge is 0.313 e. The van der Waals surface area contributed by atoms with Crippen LogP contribution in [0.25, 0.3) is 11.0 Å². The fraction of sp³-hybridized carbons (Fsp3) is 0.429. The summed E-state index contributed by atoms with van der Waals surface area (Å²) < 4.78 is 7.40. The van der Waals surface area contributed by atoms with E-state index in [1.807, 2.05) is 18.2 Å². The Hall–Kier alpha value is -1.24. The van der Waals surface area contributed by atoms with Crippen molar-refractivity contribution >= 4 is 40.4 Å². The van der Waals surface area contributed by atoms with Gasteiger partial charge in [-0.1, -0.05) is 29.4 Å². The number of nitrogens with zero attached hydrogens (tertiary/aromatic N) is 2. The average molecular weight is 327 g/mol. The molecular formula is C14H15ClN2O3S. The number of aliphatic carboxylic acids is 1. The van der Waals surface area contributed by atoms with Crippen LogP contribution in [-0.4, -0.2) is 39.6 Å². The molecule has 0 aliphatic heterocycles. The minimum Gasteiger partial charge on any atom is -0.481 e. The molecule has 0 spiro atoms. The number of fused-ring (bicyclic) bond motifs is 1. The molecular weight excluding hydrogens is 312 g/mol. The molecule has 1 aliphatic rings. The summed E-state index contributed by atoms with van der Waals surface area (Å²) in [6.07, 6.45) is 2.05. The summed E-state index contributed by atoms with van der Waals surface area (Å²) in [4.78, 5) is 15.4. The zero-order valence-electron chi connectivity index (χ0n) is 11.5. The minimum absolute atomic E-state index is 0.0125. The van der Waals surface area contributed by atoms with Gasteiger partial charge in [0.2, 0.25) is 0 Å². The largest absolute Gasteiger partial charge is 0.481 e. The summed E-state index contributed by atoms with van der Waals surface area (Å²) in [5.74, 6) is -0.866. The Balaban J connectivity index is 2.00. The summed E-state index contributed by atoms with van der Waals surface area (Å²) in [5, 5.41) is 10.2. The molecule has 0 radical (unpaired) electrons. The zero-order valence-corrected chi connectivity index (χ0v) is 13.0. The van der Waals surface area contributed by atoms with Gasteiger partial charge in [0.05, 0.1) is 27.9 Å². The lowest BCUT2D eigenvalue weighted by Gasteiger charge is -2.36. The molecule has 1 fully saturated rings. The third-order valence-corrected chi connectivity index (χ3v) is 4.96. The Morgan fingerprint density at radius 2 is 2.33 bits per heavy atom. The molecule has 0 bridgehead atoms. The highest BCUT2D eigenvalue weighted by Gasteiger charge is 2.33. The highest BCUT2D eigenvalue weighted by atomic mass is 35.5. The zero-order chi connectivity index (χ0) is 15.0. The second-order valence-corrected chi connectivity index (χ2v) is 6.39. The van der Waals surface area contributed by atoms with Crippen molar-refractivity contribution in [2.75, 3.05) is 12.9 Å². The molecule has 1 heterocycles. The number of hydrogen-bond donors (Lipinski definition) is 1. The Labute approximate surface area is 131 Å². The number of hydrogen-bond acceptors (Lipinski definition) is 4. The number of ether oxygens (including phenoxy) is 1. The molecule has 2 aromatic rings. The number of carboxylic acid groups (broad SMARTS) is 1. The molecule has 7 heteroatoms. The number of benzene rings is 1. The number of aromatic nitrogens is 2. The number of methoxy groups -OCH3 is 1. The lowest BCUT2D eigenvalue weighted by atomic mass is 9.89. The number of carboxylic acids is 1. The van der Waals surface area contributed by atoms with E-state index >= 15 is 0 Å². The monoisotopic (exact) mass is 326 g/mol. The standard InChI is InChI=1S/C14H15ClN2O3S/c1-20-9-5-8(6-9)17-13-10(15)3-2-4-11(13)16-14(17)21-7-12(18)19/h2-4,8-9H,5-7H2,1H3,(H,18,19). The second-order valence-electron chi connectivity index (χ2n) is 5.04. The molecule has 21 heavy (non-hydrogen) atoms. The molecule has 0 amide bonds. The predicted molar refractivity (Wildman–Crippen MR) is 82.2 cm³/mol. The van der Waals surface area contributed by atoms with Crippen LogP contribution in [0, 0.1) is 0 Å². The van der Waals surface area contributed by atoms with Crippen molar-refractivity contribution in [1.82, 2.24) is 9.55 Å². The Kier molecular flexibility index (Phi) is 4.10. The maximum atomic E-state index is 10.8. The highest BCUT2D eigenvalue weighted by Crippen LogP contribution is 2.41. The summed E-state index contributed by atoms with van der Waals surface area (Å²) in [5.41, 5.74) is 1.68. The van der Waals surface area contributed by atoms with E-state index in [1.54, 1.807) is 7.11 Å². The van der Waals surface area contributed by atoms with E-state index in [-0.39, 0.29) is 17.9 Å². The molecule has 1 aromatic carbocycles. The van der Waals surface area contributed by atoms with Gasteiger partial charge in [0.15, 0.2) is 5.16 Å². The number of carbonyl (C=O) groups is 1. The van der Waals surface area contributed by atoms with E-state index in [2.05, 4.69) is 9.55 Å². The van der Waals surface area contributed by atoms with E-state index in [4.69, 9.17) is 21.4 Å². The molecule has 112 valence electrons. The molecule has 0 atom stereocenters. The predicted octanol–water partition coefficient (Wildman–Crippen LogP) is 3.22. The fourth-order valence-electron chi connectivity index (χ4n) is 2.59. The van der Waals surface area contributed by atoms with Crippen molar-refractivity contribution in [2.24, 2.45) is 0 Å². The summed E-state index contributed by atoms with van der Waals surface area (Å²) in [6.45, 7) is 0. The third-order valence-electron chi connectivity index (χ3n) is 3.72. The first-order valence-corrected chi connectivity index (χ1v) is 8.00. The Bertz CT molecular complexity index is 682. The van der Waals surface area contributed by atoms with E-state index in [0.29, 0.717) is 10.2 Å². The van der Waals surface area contributed by atoms with E-state index in [0.717, 1.165) is 23.9 Å². The van der Waals surface area contributed by atoms with Gasteiger partial charge in [-0.05, 0) is 25.0 Å². The molecule has 3 rings (SSSR count). The lowest BCUT2D eigenvalue weighted by Crippen LogP contribution is -2.32. The second kappa shape index (κ2) is 5.87. The summed E-state index contributed by atoms with van der Waals surface area (Å²) in [7, 11) is 1.71. The Morgan fingerprint density at radius 1 is 1.57 bits per heavy atom. The van der Waals surface area contributed by atoms with Crippen LogP contribution in [0.1, 0.15) is 18.9 Å². The van der Waals surface area contributed by atoms with Gasteiger partial charge in [0.25, 0.3) is 0 Å². The first-order valence-electron chi connectivity index (χ1n) is 6.64. The topological polar surface area (TPSA) is 64.3 Å². The van der Waals surface area contributed by atoms with Crippen LogP contribution in [0.15, 0.2) is 23.4 Å². The quantitative estimate of drug-likeness (QED) is 0.855. The van der Waals surface area contributed by atoms with Gasteiger partial charge in [-0.15, -0.1) is 0 Å². The van der Waals surface area contributed by atoms with E-state index in [1.165, 1.54) is 11.8 Å². The first kappa shape index (κ1) is 14.7. The van der Waals surface area contributed by atoms with Gasteiger partial charge in [-0.25, -0.2) is 4.98 Å². The van der Waals surface area contributed by atoms with Crippen molar-refractivity contribution in [3.8, 4) is 0 Å². The first-order chi connectivity index (χ1) is 10.1. The van der Waals surface area contributed by atoms with Crippen molar-refractivity contribution < 1.29 is 14.6 Å². The van der Waals surface area contributed by atoms with Crippen LogP contribution in [0.5, 0.6) is 0 Å². The van der Waals surface area contributed by atoms with Gasteiger partial charge < -0.3 is 14.4 Å². The minimum atomic E-state index is -0.854. The number of para-hydroxylation sites is 1. The van der Waals surface area contributed by atoms with Crippen molar-refractivity contribution in [2.45, 2.75) is 30.1 Å². The third kappa shape index (κ3) is 2.75. The molecule has 0 saturated heterocycles. The van der Waals surface area contributed by atoms with Gasteiger partial charge in [0, 0.05) is 13.2 Å². The number of halogens is 1. The van der Waals surface area contributed by atoms with Crippen LogP contribution in [0.2, 0.25) is 5.02 Å². The summed E-state index contributed by atoms with van der Waals surface area (Å²) in [6, 6.07) is 5.85. The molecule has 1 N–H and O–H groups in total. The van der Waals surface area contributed by atoms with Crippen LogP contribution in [0.3, 0.4) is 0 Å². The van der Waals surface area contributed by atoms with E-state index < -0.39 is 5.97 Å². The van der Waals surface area contributed by atoms with Crippen molar-refractivity contribution in [1.29, 1.82) is 0 Å². The fourth-order valence-corrected chi connectivity index (χ4v) is 3.65. The van der Waals surface area contributed by atoms with Gasteiger partial charge in [0.1, 0.15) is 0 Å². The van der Waals surface area contributed by atoms with Crippen molar-refractivity contribution in [3.05, 3.63) is 23.2 Å². The van der Waals surface area contributed by atoms with Crippen LogP contribution >= 0.6 is 23.4 Å². The lowest BCUT2D eigenvalue weighted by molar-refractivity contribution is -0.133. The molecule has 1 aliphatic carbocycles. The van der Waals surface area contributed by atoms with Gasteiger partial charge >= 0.3 is 5.97 Å². The normalized spacial score (nSPS) is 21.4. The van der Waals surface area contributed by atoms with Crippen LogP contribution in [-0.2, 0) is 9.53 Å². The average Bonchev–Trinajstić information content (AvgIpc) is 2.75. The van der Waals surface area contributed by atoms with Gasteiger partial charge in [-0.2, -0.15) is 0 Å². The molecule has 5 nitrogen and oxygen atoms in total. The molecule has 1 saturated carbocycles. The number of imidazole rings is 1.